The molecule has 7 heteroatoms. The van der Waals surface area contributed by atoms with E-state index in [1.54, 1.807) is 7.05 Å². The van der Waals surface area contributed by atoms with E-state index in [9.17, 15) is 5.11 Å². The number of aliphatic hydroxyl groups is 1. The number of rotatable bonds is 7. The van der Waals surface area contributed by atoms with E-state index < -0.39 is 6.10 Å². The number of nitrogens with zero attached hydrogens (tertiary/aromatic N) is 2. The molecule has 0 aromatic heterocycles. The lowest BCUT2D eigenvalue weighted by molar-refractivity contribution is 0.168. The number of benzene rings is 2. The molecule has 174 valence electrons. The minimum atomic E-state index is -0.514. The lowest BCUT2D eigenvalue weighted by Gasteiger charge is -2.20. The van der Waals surface area contributed by atoms with E-state index in [2.05, 4.69) is 27.3 Å². The molecular formula is C25H37N5O2. The Balaban J connectivity index is 0.00000121. The molecule has 2 atom stereocenters. The number of aliphatic hydroxyl groups excluding tert-OH is 1. The van der Waals surface area contributed by atoms with Crippen molar-refractivity contribution in [3.05, 3.63) is 66.0 Å². The Morgan fingerprint density at radius 1 is 1.03 bits per heavy atom. The summed E-state index contributed by atoms with van der Waals surface area (Å²) in [6, 6.07) is 16.9. The molecule has 7 nitrogen and oxygen atoms in total. The smallest absolute Gasteiger partial charge is 0.137 e. The number of hydrogen-bond acceptors (Lipinski definition) is 6. The fourth-order valence-electron chi connectivity index (χ4n) is 3.02. The molecule has 1 heterocycles. The first kappa shape index (κ1) is 26.9. The summed E-state index contributed by atoms with van der Waals surface area (Å²) in [4.78, 5) is 8.23. The quantitative estimate of drug-likeness (QED) is 0.388. The molecule has 3 rings (SSSR count). The number of ether oxygens (including phenoxy) is 1. The minimum absolute atomic E-state index is 0.180. The largest absolute Gasteiger partial charge is 0.457 e. The van der Waals surface area contributed by atoms with Crippen molar-refractivity contribution >= 4 is 18.1 Å². The molecule has 1 aliphatic heterocycles. The van der Waals surface area contributed by atoms with Crippen LogP contribution in [0.15, 0.2) is 70.4 Å². The summed E-state index contributed by atoms with van der Waals surface area (Å²) in [5, 5.41) is 16.4. The molecule has 0 spiro atoms. The molecule has 1 saturated heterocycles. The van der Waals surface area contributed by atoms with Gasteiger partial charge >= 0.3 is 0 Å². The van der Waals surface area contributed by atoms with E-state index in [-0.39, 0.29) is 6.04 Å². The molecule has 0 saturated carbocycles. The third-order valence-corrected chi connectivity index (χ3v) is 4.52. The lowest BCUT2D eigenvalue weighted by Crippen LogP contribution is -2.39. The number of amidine groups is 1. The zero-order valence-corrected chi connectivity index (χ0v) is 19.8. The highest BCUT2D eigenvalue weighted by molar-refractivity contribution is 6.22. The Morgan fingerprint density at radius 3 is 2.12 bits per heavy atom. The first-order chi connectivity index (χ1) is 15.6. The van der Waals surface area contributed by atoms with Crippen LogP contribution in [-0.2, 0) is 0 Å². The summed E-state index contributed by atoms with van der Waals surface area (Å²) in [5.41, 5.74) is 7.60. The second kappa shape index (κ2) is 14.8. The van der Waals surface area contributed by atoms with E-state index in [1.165, 1.54) is 0 Å². The van der Waals surface area contributed by atoms with Crippen molar-refractivity contribution in [2.24, 2.45) is 15.7 Å². The van der Waals surface area contributed by atoms with Crippen molar-refractivity contribution in [1.82, 2.24) is 10.6 Å². The maximum atomic E-state index is 10.1. The highest BCUT2D eigenvalue weighted by Gasteiger charge is 2.26. The Hall–Kier alpha value is -3.16. The fraction of sp³-hybridized carbons (Fsp3) is 0.360. The summed E-state index contributed by atoms with van der Waals surface area (Å²) in [6.45, 7) is 12.8. The van der Waals surface area contributed by atoms with E-state index >= 15 is 0 Å². The van der Waals surface area contributed by atoms with Crippen LogP contribution in [0.25, 0.3) is 5.57 Å². The molecule has 5 N–H and O–H groups in total. The van der Waals surface area contributed by atoms with Gasteiger partial charge in [0, 0.05) is 20.1 Å². The molecule has 0 aliphatic carbocycles. The Bertz CT molecular complexity index is 864. The average Bonchev–Trinajstić information content (AvgIpc) is 3.26. The van der Waals surface area contributed by atoms with Crippen LogP contribution in [-0.4, -0.2) is 49.9 Å². The zero-order valence-electron chi connectivity index (χ0n) is 19.8. The predicted octanol–water partition coefficient (Wildman–Crippen LogP) is 3.81. The van der Waals surface area contributed by atoms with E-state index in [0.29, 0.717) is 36.1 Å². The first-order valence-electron chi connectivity index (χ1n) is 11.0. The molecule has 1 aliphatic rings. The van der Waals surface area contributed by atoms with Crippen molar-refractivity contribution in [1.29, 1.82) is 0 Å². The molecule has 2 unspecified atom stereocenters. The monoisotopic (exact) mass is 439 g/mol. The third kappa shape index (κ3) is 7.51. The van der Waals surface area contributed by atoms with Crippen molar-refractivity contribution in [2.45, 2.75) is 39.8 Å². The maximum absolute atomic E-state index is 10.1. The van der Waals surface area contributed by atoms with Crippen LogP contribution in [0.3, 0.4) is 0 Å². The van der Waals surface area contributed by atoms with Gasteiger partial charge in [0.2, 0.25) is 0 Å². The summed E-state index contributed by atoms with van der Waals surface area (Å²) in [7, 11) is 1.62. The summed E-state index contributed by atoms with van der Waals surface area (Å²) >= 11 is 0. The highest BCUT2D eigenvalue weighted by atomic mass is 16.5. The van der Waals surface area contributed by atoms with Crippen molar-refractivity contribution in [2.75, 3.05) is 20.1 Å². The van der Waals surface area contributed by atoms with Crippen LogP contribution in [0.1, 0.15) is 33.3 Å². The van der Waals surface area contributed by atoms with Gasteiger partial charge < -0.3 is 26.2 Å². The number of aliphatic imine (C=N–C) groups is 2. The zero-order chi connectivity index (χ0) is 23.9. The molecular weight excluding hydrogens is 402 g/mol. The Labute approximate surface area is 192 Å². The number of β-amino-alcohol motifs (C(OH)–C–C–N with tert-alkyl or cyclic N) is 1. The van der Waals surface area contributed by atoms with Crippen LogP contribution in [0, 0.1) is 0 Å². The van der Waals surface area contributed by atoms with Crippen molar-refractivity contribution < 1.29 is 9.84 Å². The topological polar surface area (TPSA) is 104 Å². The molecule has 2 aromatic rings. The van der Waals surface area contributed by atoms with Gasteiger partial charge in [0.1, 0.15) is 23.2 Å². The number of hydrogen-bond donors (Lipinski definition) is 4. The molecule has 2 aromatic carbocycles. The molecule has 0 bridgehead atoms. The fourth-order valence-corrected chi connectivity index (χ4v) is 3.02. The Kier molecular flexibility index (Phi) is 12.4. The molecule has 1 fully saturated rings. The normalized spacial score (nSPS) is 18.2. The van der Waals surface area contributed by atoms with E-state index in [1.807, 2.05) is 82.3 Å². The van der Waals surface area contributed by atoms with Gasteiger partial charge in [-0.05, 0) is 36.5 Å². The predicted molar refractivity (Wildman–Crippen MR) is 135 cm³/mol. The van der Waals surface area contributed by atoms with Gasteiger partial charge in [-0.25, -0.2) is 4.99 Å². The molecule has 0 radical (unpaired) electrons. The van der Waals surface area contributed by atoms with Crippen LogP contribution in [0.5, 0.6) is 11.5 Å². The van der Waals surface area contributed by atoms with Gasteiger partial charge in [-0.2, -0.15) is 0 Å². The maximum Gasteiger partial charge on any atom is 0.137 e. The average molecular weight is 440 g/mol. The van der Waals surface area contributed by atoms with Gasteiger partial charge in [0.15, 0.2) is 0 Å². The van der Waals surface area contributed by atoms with Gasteiger partial charge in [-0.3, -0.25) is 4.99 Å². The standard InChI is InChI=1S/C21H25N5O2.2C2H6/c1-23-20(22)19(21(24-2)26-17-12-25-13-18(17)27)14-8-10-16(11-9-14)28-15-6-4-3-5-7-15;2*1-2/h3-11,17-18,25-27H,2,12-13H2,1H3,(H2,22,23);2*1-2H3/b21-19+;;. The minimum Gasteiger partial charge on any atom is -0.457 e. The van der Waals surface area contributed by atoms with Crippen molar-refractivity contribution in [3.8, 4) is 11.5 Å². The van der Waals surface area contributed by atoms with Gasteiger partial charge in [0.05, 0.1) is 17.7 Å². The molecule has 32 heavy (non-hydrogen) atoms. The van der Waals surface area contributed by atoms with Crippen LogP contribution < -0.4 is 21.1 Å². The number of para-hydroxylation sites is 1. The van der Waals surface area contributed by atoms with Crippen LogP contribution >= 0.6 is 0 Å². The van der Waals surface area contributed by atoms with Gasteiger partial charge in [-0.15, -0.1) is 0 Å². The second-order valence-electron chi connectivity index (χ2n) is 6.41. The third-order valence-electron chi connectivity index (χ3n) is 4.52. The van der Waals surface area contributed by atoms with E-state index in [4.69, 9.17) is 10.5 Å². The number of nitrogens with two attached hydrogens (primary N) is 1. The Morgan fingerprint density at radius 2 is 1.62 bits per heavy atom. The lowest BCUT2D eigenvalue weighted by atomic mass is 10.0. The molecule has 0 amide bonds. The van der Waals surface area contributed by atoms with E-state index in [0.717, 1.165) is 11.3 Å². The SMILES string of the molecule is C=N/C(NC1CNCC1O)=C(\C(N)=NC)c1ccc(Oc2ccccc2)cc1.CC.CC. The second-order valence-corrected chi connectivity index (χ2v) is 6.41. The summed E-state index contributed by atoms with van der Waals surface area (Å²) < 4.78 is 5.84. The van der Waals surface area contributed by atoms with Crippen molar-refractivity contribution in [3.63, 3.8) is 0 Å². The van der Waals surface area contributed by atoms with Crippen LogP contribution in [0.4, 0.5) is 0 Å². The highest BCUT2D eigenvalue weighted by Crippen LogP contribution is 2.25. The van der Waals surface area contributed by atoms with Crippen LogP contribution in [0.2, 0.25) is 0 Å². The first-order valence-corrected chi connectivity index (χ1v) is 11.0. The summed E-state index contributed by atoms with van der Waals surface area (Å²) in [5.74, 6) is 2.27. The van der Waals surface area contributed by atoms with Gasteiger partial charge in [-0.1, -0.05) is 58.0 Å². The van der Waals surface area contributed by atoms with Gasteiger partial charge in [0.25, 0.3) is 0 Å². The summed E-state index contributed by atoms with van der Waals surface area (Å²) in [6.07, 6.45) is -0.514. The number of nitrogens with one attached hydrogen (secondary N) is 2.